The van der Waals surface area contributed by atoms with Gasteiger partial charge in [-0.25, -0.2) is 92.8 Å². The summed E-state index contributed by atoms with van der Waals surface area (Å²) in [5, 5.41) is -2.18. The van der Waals surface area contributed by atoms with E-state index in [9.17, 15) is 17.6 Å². The molecule has 8 bridgehead atoms. The van der Waals surface area contributed by atoms with Crippen LogP contribution in [0.1, 0.15) is 50.9 Å². The predicted octanol–water partition coefficient (Wildman–Crippen LogP) is 13.1. The second-order valence-corrected chi connectivity index (χ2v) is 21.6. The Balaban J connectivity index is 0.00000441. The Kier molecular flexibility index (Phi) is 17.8. The minimum absolute atomic E-state index is 0. The van der Waals surface area contributed by atoms with Crippen LogP contribution in [-0.4, -0.2) is 10.7 Å². The third kappa shape index (κ3) is 8.96. The molecular weight excluding hydrogens is 1700 g/mol. The number of aromatic nitrogens is 3. The molecule has 4 aromatic carbocycles. The maximum atomic E-state index is 16.4. The molecule has 34 heteroatoms. The SMILES string of the molecule is Fc1c(F)c(F)c(C2=C3N=C(C(Br)=C3Br)C(c3c(F)c(F)c(F)c(F)c3F)=c3[nH]c(c(Br)c3Br)=C(c3c(F)c(F)c(F)c(F)c3F)c3[n-]c(c(Br)c3Br)C(c3c(F)c(F)c(F)c(F)c3F)c3[n-]c2c(Br)c3Br)c(F)c1F.[Cl-].[Fe+3]. The van der Waals surface area contributed by atoms with Crippen LogP contribution >= 0.6 is 127 Å². The Labute approximate surface area is 501 Å². The van der Waals surface area contributed by atoms with Gasteiger partial charge in [0.1, 0.15) is 0 Å². The standard InChI is InChI=1S/C44H2Br8F20N4.ClH.Fe/c45-9-11(47)39-6(2-19(55)27(63)34(70)28(64)20(2)56)41-13(49)15(51)43(75-41)8(4-23(59)31(67)36(72)32(68)24(4)60)44-16(52)14(50)42(76-44)7(3-21(57)29(65)35(71)30(66)22(3)58)40-12(48)10(46)38(74-40)5(37(9)73-39)1-17(53)25(61)33(69)26(62)18(1)54;;/h5,75H;1H;/q-2;;+3/p-1. The van der Waals surface area contributed by atoms with Gasteiger partial charge < -0.3 is 27.4 Å². The largest absolute Gasteiger partial charge is 3.00 e. The van der Waals surface area contributed by atoms with Crippen molar-refractivity contribution in [3.05, 3.63) is 214 Å². The number of rotatable bonds is 4. The van der Waals surface area contributed by atoms with Crippen molar-refractivity contribution < 1.29 is 117 Å². The maximum absolute atomic E-state index is 16.4. The van der Waals surface area contributed by atoms with Crippen molar-refractivity contribution in [1.29, 1.82) is 0 Å². The second-order valence-electron chi connectivity index (χ2n) is 15.3. The van der Waals surface area contributed by atoms with Gasteiger partial charge in [0.25, 0.3) is 0 Å². The van der Waals surface area contributed by atoms with Crippen molar-refractivity contribution in [2.75, 3.05) is 0 Å². The smallest absolute Gasteiger partial charge is 1.00 e. The number of fused-ring (bicyclic) bond motifs is 7. The topological polar surface area (TPSA) is 56.4 Å². The Morgan fingerprint density at radius 2 is 0.615 bits per heavy atom. The van der Waals surface area contributed by atoms with Crippen molar-refractivity contribution in [1.82, 2.24) is 15.0 Å². The van der Waals surface area contributed by atoms with E-state index in [1.807, 2.05) is 0 Å². The summed E-state index contributed by atoms with van der Waals surface area (Å²) >= 11 is 23.8. The van der Waals surface area contributed by atoms with E-state index >= 15 is 70.2 Å². The summed E-state index contributed by atoms with van der Waals surface area (Å²) in [6, 6.07) is 0. The molecule has 0 aliphatic carbocycles. The molecule has 0 saturated heterocycles. The number of allylic oxidation sites excluding steroid dienone is 2. The van der Waals surface area contributed by atoms with Gasteiger partial charge in [-0.05, 0) is 69.3 Å². The first-order chi connectivity index (χ1) is 35.4. The van der Waals surface area contributed by atoms with Gasteiger partial charge in [-0.1, -0.05) is 63.7 Å². The molecule has 1 unspecified atom stereocenters. The van der Waals surface area contributed by atoms with Crippen LogP contribution in [0.4, 0.5) is 87.8 Å². The van der Waals surface area contributed by atoms with Gasteiger partial charge in [-0.15, -0.1) is 22.8 Å². The molecule has 0 saturated carbocycles. The number of aromatic amines is 1. The average Bonchev–Trinajstić information content (AvgIpc) is 4.06. The van der Waals surface area contributed by atoms with E-state index in [1.165, 1.54) is 0 Å². The molecule has 3 aromatic heterocycles. The number of hydrogen-bond donors (Lipinski definition) is 1. The molecule has 9 rings (SSSR count). The molecule has 5 heterocycles. The first-order valence-electron chi connectivity index (χ1n) is 19.2. The molecule has 1 atom stereocenters. The first kappa shape index (κ1) is 62.5. The van der Waals surface area contributed by atoms with Gasteiger partial charge in [0.05, 0.1) is 56.7 Å². The summed E-state index contributed by atoms with van der Waals surface area (Å²) in [6.07, 6.45) is 0. The summed E-state index contributed by atoms with van der Waals surface area (Å²) in [5.41, 5.74) is -19.2. The van der Waals surface area contributed by atoms with Crippen molar-refractivity contribution in [2.24, 2.45) is 4.99 Å². The Bertz CT molecular complexity index is 4020. The third-order valence-corrected chi connectivity index (χ3v) is 19.7. The van der Waals surface area contributed by atoms with E-state index in [2.05, 4.69) is 147 Å². The number of nitrogens with zero attached hydrogens (tertiary/aromatic N) is 3. The fraction of sp³-hybridized carbons (Fsp3) is 0.0227. The minimum atomic E-state index is -2.81. The van der Waals surface area contributed by atoms with E-state index in [0.29, 0.717) is 0 Å². The molecule has 1 N–H and O–H groups in total. The molecule has 7 aromatic rings. The Morgan fingerprint density at radius 1 is 0.333 bits per heavy atom. The number of hydrogen-bond acceptors (Lipinski definition) is 1. The fourth-order valence-electron chi connectivity index (χ4n) is 7.96. The number of aliphatic imine (C=N–C) groups is 1. The third-order valence-electron chi connectivity index (χ3n) is 11.3. The van der Waals surface area contributed by atoms with E-state index in [-0.39, 0.29) is 29.5 Å². The second kappa shape index (κ2) is 22.2. The van der Waals surface area contributed by atoms with Crippen LogP contribution in [0.3, 0.4) is 0 Å². The van der Waals surface area contributed by atoms with E-state index < -0.39 is 242 Å². The number of H-pyrrole nitrogens is 1. The Morgan fingerprint density at radius 3 is 0.974 bits per heavy atom. The van der Waals surface area contributed by atoms with Gasteiger partial charge in [-0.2, -0.15) is 0 Å². The predicted molar refractivity (Wildman–Crippen MR) is 254 cm³/mol. The van der Waals surface area contributed by atoms with Gasteiger partial charge in [0, 0.05) is 40.5 Å². The van der Waals surface area contributed by atoms with Crippen LogP contribution < -0.4 is 33.1 Å². The number of benzene rings is 4. The molecule has 2 aliphatic rings. The van der Waals surface area contributed by atoms with Crippen molar-refractivity contribution in [3.63, 3.8) is 0 Å². The number of nitrogens with one attached hydrogen (secondary N) is 1. The van der Waals surface area contributed by atoms with Crippen LogP contribution in [-0.2, 0) is 17.1 Å². The molecule has 1 radical (unpaired) electrons. The van der Waals surface area contributed by atoms with Crippen LogP contribution in [0.15, 0.2) is 46.5 Å². The summed E-state index contributed by atoms with van der Waals surface area (Å²) in [7, 11) is 0. The molecular formula is C44H2Br8ClF20FeN4. The van der Waals surface area contributed by atoms with Gasteiger partial charge >= 0.3 is 17.1 Å². The molecule has 0 amide bonds. The zero-order valence-corrected chi connectivity index (χ0v) is 49.8. The van der Waals surface area contributed by atoms with E-state index in [0.717, 1.165) is 0 Å². The van der Waals surface area contributed by atoms with Crippen molar-refractivity contribution in [3.8, 4) is 0 Å². The molecule has 78 heavy (non-hydrogen) atoms. The quantitative estimate of drug-likeness (QED) is 0.0826. The summed E-state index contributed by atoms with van der Waals surface area (Å²) < 4.78 is 306. The zero-order valence-electron chi connectivity index (χ0n) is 35.2. The monoisotopic (exact) mass is 1690 g/mol. The average molecular weight is 1700 g/mol. The summed E-state index contributed by atoms with van der Waals surface area (Å²) in [6.45, 7) is 0. The van der Waals surface area contributed by atoms with Crippen LogP contribution in [0.25, 0.3) is 16.7 Å². The summed E-state index contributed by atoms with van der Waals surface area (Å²) in [5.74, 6) is -56.9. The zero-order chi connectivity index (χ0) is 56.2. The van der Waals surface area contributed by atoms with Crippen LogP contribution in [0.5, 0.6) is 0 Å². The molecule has 0 spiro atoms. The molecule has 0 fully saturated rings. The van der Waals surface area contributed by atoms with E-state index in [1.54, 1.807) is 0 Å². The fourth-order valence-corrected chi connectivity index (χ4v) is 11.9. The number of halogens is 29. The summed E-state index contributed by atoms with van der Waals surface area (Å²) in [4.78, 5) is 14.7. The van der Waals surface area contributed by atoms with E-state index in [4.69, 9.17) is 0 Å². The molecule has 409 valence electrons. The van der Waals surface area contributed by atoms with Crippen LogP contribution in [0.2, 0.25) is 0 Å². The van der Waals surface area contributed by atoms with Crippen LogP contribution in [0, 0.1) is 116 Å². The minimum Gasteiger partial charge on any atom is -1.00 e. The van der Waals surface area contributed by atoms with Crippen molar-refractivity contribution >= 4 is 150 Å². The normalized spacial score (nSPS) is 14.5. The first-order valence-corrected chi connectivity index (χ1v) is 25.6. The van der Waals surface area contributed by atoms with Gasteiger partial charge in [0.15, 0.2) is 93.1 Å². The van der Waals surface area contributed by atoms with Crippen molar-refractivity contribution in [2.45, 2.75) is 5.92 Å². The van der Waals surface area contributed by atoms with Gasteiger partial charge in [-0.3, -0.25) is 0 Å². The van der Waals surface area contributed by atoms with Gasteiger partial charge in [0.2, 0.25) is 23.3 Å². The Hall–Kier alpha value is -3.14. The molecule has 4 nitrogen and oxygen atoms in total. The molecule has 2 aliphatic heterocycles. The maximum Gasteiger partial charge on any atom is 3.00 e.